The number of phosphoric ester groups is 1. The van der Waals surface area contributed by atoms with E-state index in [2.05, 4.69) is 9.51 Å². The van der Waals surface area contributed by atoms with Crippen molar-refractivity contribution in [2.24, 2.45) is 0 Å². The lowest BCUT2D eigenvalue weighted by Crippen LogP contribution is -2.41. The third-order valence-electron chi connectivity index (χ3n) is 5.57. The number of hydrogen-bond acceptors (Lipinski definition) is 8. The normalized spacial score (nSPS) is 20.5. The highest BCUT2D eigenvalue weighted by atomic mass is 32.2. The third-order valence-corrected chi connectivity index (χ3v) is 7.67. The van der Waals surface area contributed by atoms with Gasteiger partial charge in [-0.15, -0.1) is 0 Å². The number of sulfone groups is 1. The maximum absolute atomic E-state index is 15.0. The molecule has 11 nitrogen and oxygen atoms in total. The van der Waals surface area contributed by atoms with Crippen LogP contribution in [0.3, 0.4) is 0 Å². The van der Waals surface area contributed by atoms with Gasteiger partial charge in [0, 0.05) is 30.4 Å². The summed E-state index contributed by atoms with van der Waals surface area (Å²) in [6, 6.07) is 5.97. The largest absolute Gasteiger partial charge is 0.469 e. The van der Waals surface area contributed by atoms with Crippen LogP contribution >= 0.6 is 7.82 Å². The van der Waals surface area contributed by atoms with Gasteiger partial charge in [0.1, 0.15) is 17.7 Å². The van der Waals surface area contributed by atoms with Crippen molar-refractivity contribution < 1.29 is 41.2 Å². The summed E-state index contributed by atoms with van der Waals surface area (Å²) in [7, 11) is -7.73. The molecule has 1 amide bonds. The summed E-state index contributed by atoms with van der Waals surface area (Å²) >= 11 is 0. The van der Waals surface area contributed by atoms with E-state index in [1.807, 2.05) is 11.8 Å². The summed E-state index contributed by atoms with van der Waals surface area (Å²) in [4.78, 5) is 37.2. The van der Waals surface area contributed by atoms with Crippen LogP contribution in [0.25, 0.3) is 11.1 Å². The standard InChI is InChI=1S/C20H23FN3O8PS/c1-13-8-14(10-22-19(13)23-4-6-34(29,30)7-5-23)17-3-2-15(9-18(17)21)24-11-16(32-20(24)25)12-31-33(26,27)28/h2-3,8-10,16H,4-7,11-12H2,1H3,(H2,26,27,28)/t16-/m1/s1. The second-order valence-corrected chi connectivity index (χ2v) is 11.6. The zero-order chi connectivity index (χ0) is 24.7. The van der Waals surface area contributed by atoms with Crippen molar-refractivity contribution in [1.29, 1.82) is 0 Å². The summed E-state index contributed by atoms with van der Waals surface area (Å²) in [5, 5.41) is 0. The molecule has 1 atom stereocenters. The molecule has 0 saturated carbocycles. The quantitative estimate of drug-likeness (QED) is 0.547. The molecule has 0 spiro atoms. The zero-order valence-corrected chi connectivity index (χ0v) is 19.8. The molecular formula is C20H23FN3O8PS. The van der Waals surface area contributed by atoms with E-state index in [1.54, 1.807) is 6.07 Å². The first-order valence-electron chi connectivity index (χ1n) is 10.3. The lowest BCUT2D eigenvalue weighted by molar-refractivity contribution is 0.0880. The molecule has 1 aromatic carbocycles. The molecule has 0 aliphatic carbocycles. The van der Waals surface area contributed by atoms with Crippen molar-refractivity contribution >= 4 is 35.3 Å². The molecule has 2 N–H and O–H groups in total. The van der Waals surface area contributed by atoms with Gasteiger partial charge in [0.2, 0.25) is 0 Å². The average molecular weight is 515 g/mol. The van der Waals surface area contributed by atoms with Crippen LogP contribution in [0.1, 0.15) is 5.56 Å². The van der Waals surface area contributed by atoms with E-state index in [9.17, 15) is 22.2 Å². The molecule has 0 bridgehead atoms. The number of benzene rings is 1. The highest BCUT2D eigenvalue weighted by molar-refractivity contribution is 7.91. The van der Waals surface area contributed by atoms with Crippen LogP contribution in [-0.4, -0.2) is 73.1 Å². The van der Waals surface area contributed by atoms with Crippen molar-refractivity contribution in [2.75, 3.05) is 47.5 Å². The second kappa shape index (κ2) is 9.23. The summed E-state index contributed by atoms with van der Waals surface area (Å²) < 4.78 is 58.5. The molecule has 0 unspecified atom stereocenters. The molecule has 2 aromatic rings. The Bertz CT molecular complexity index is 1250. The van der Waals surface area contributed by atoms with Crippen molar-refractivity contribution in [2.45, 2.75) is 13.0 Å². The lowest BCUT2D eigenvalue weighted by Gasteiger charge is -2.29. The predicted molar refractivity (Wildman–Crippen MR) is 121 cm³/mol. The van der Waals surface area contributed by atoms with Crippen LogP contribution in [0.5, 0.6) is 0 Å². The number of carbonyl (C=O) groups excluding carboxylic acids is 1. The highest BCUT2D eigenvalue weighted by Gasteiger charge is 2.34. The number of rotatable bonds is 6. The van der Waals surface area contributed by atoms with Gasteiger partial charge in [-0.1, -0.05) is 0 Å². The number of ether oxygens (including phenoxy) is 1. The molecule has 3 heterocycles. The fourth-order valence-corrected chi connectivity index (χ4v) is 5.44. The molecule has 4 rings (SSSR count). The Kier molecular flexibility index (Phi) is 6.67. The van der Waals surface area contributed by atoms with Crippen LogP contribution in [-0.2, 0) is 23.7 Å². The number of carbonyl (C=O) groups is 1. The SMILES string of the molecule is Cc1cc(-c2ccc(N3C[C@H](COP(=O)(O)O)OC3=O)cc2F)cnc1N1CCS(=O)(=O)CC1. The molecule has 2 fully saturated rings. The lowest BCUT2D eigenvalue weighted by atomic mass is 10.0. The first-order chi connectivity index (χ1) is 15.9. The summed E-state index contributed by atoms with van der Waals surface area (Å²) in [6.07, 6.45) is -0.174. The molecule has 2 aliphatic rings. The Morgan fingerprint density at radius 2 is 1.97 bits per heavy atom. The number of pyridine rings is 1. The van der Waals surface area contributed by atoms with E-state index >= 15 is 0 Å². The third kappa shape index (κ3) is 5.56. The summed E-state index contributed by atoms with van der Waals surface area (Å²) in [6.45, 7) is 1.97. The Labute approximate surface area is 195 Å². The van der Waals surface area contributed by atoms with E-state index in [1.165, 1.54) is 24.4 Å². The van der Waals surface area contributed by atoms with Crippen LogP contribution in [0, 0.1) is 12.7 Å². The van der Waals surface area contributed by atoms with Gasteiger partial charge in [0.15, 0.2) is 9.84 Å². The van der Waals surface area contributed by atoms with Gasteiger partial charge in [-0.25, -0.2) is 27.2 Å². The summed E-state index contributed by atoms with van der Waals surface area (Å²) in [5.74, 6) is 0.186. The topological polar surface area (TPSA) is 147 Å². The number of cyclic esters (lactones) is 1. The van der Waals surface area contributed by atoms with Crippen LogP contribution in [0.15, 0.2) is 30.5 Å². The van der Waals surface area contributed by atoms with Crippen molar-refractivity contribution in [3.8, 4) is 11.1 Å². The Balaban J connectivity index is 1.49. The first kappa shape index (κ1) is 24.6. The number of anilines is 2. The van der Waals surface area contributed by atoms with Crippen molar-refractivity contribution in [3.63, 3.8) is 0 Å². The molecule has 184 valence electrons. The molecule has 14 heteroatoms. The van der Waals surface area contributed by atoms with E-state index in [0.29, 0.717) is 24.5 Å². The fraction of sp³-hybridized carbons (Fsp3) is 0.400. The number of amides is 1. The average Bonchev–Trinajstić information content (AvgIpc) is 3.13. The van der Waals surface area contributed by atoms with Crippen LogP contribution < -0.4 is 9.80 Å². The first-order valence-corrected chi connectivity index (χ1v) is 13.7. The van der Waals surface area contributed by atoms with Gasteiger partial charge in [0.05, 0.1) is 30.3 Å². The highest BCUT2D eigenvalue weighted by Crippen LogP contribution is 2.37. The van der Waals surface area contributed by atoms with E-state index in [-0.39, 0.29) is 29.3 Å². The van der Waals surface area contributed by atoms with Gasteiger partial charge >= 0.3 is 13.9 Å². The number of aryl methyl sites for hydroxylation is 1. The maximum atomic E-state index is 15.0. The van der Waals surface area contributed by atoms with E-state index in [0.717, 1.165) is 10.5 Å². The molecule has 2 saturated heterocycles. The van der Waals surface area contributed by atoms with Gasteiger partial charge in [-0.05, 0) is 36.8 Å². The Morgan fingerprint density at radius 1 is 1.26 bits per heavy atom. The summed E-state index contributed by atoms with van der Waals surface area (Å²) in [5.41, 5.74) is 1.78. The Hall–Kier alpha value is -2.57. The van der Waals surface area contributed by atoms with E-state index in [4.69, 9.17) is 14.5 Å². The van der Waals surface area contributed by atoms with Crippen LogP contribution in [0.4, 0.5) is 20.7 Å². The minimum absolute atomic E-state index is 0.0570. The molecule has 1 aromatic heterocycles. The number of halogens is 1. The van der Waals surface area contributed by atoms with Gasteiger partial charge in [-0.2, -0.15) is 0 Å². The Morgan fingerprint density at radius 3 is 2.59 bits per heavy atom. The van der Waals surface area contributed by atoms with Crippen LogP contribution in [0.2, 0.25) is 0 Å². The molecule has 34 heavy (non-hydrogen) atoms. The van der Waals surface area contributed by atoms with Gasteiger partial charge in [-0.3, -0.25) is 9.42 Å². The number of nitrogens with zero attached hydrogens (tertiary/aromatic N) is 3. The van der Waals surface area contributed by atoms with E-state index < -0.39 is 42.3 Å². The number of phosphoric acid groups is 1. The van der Waals surface area contributed by atoms with Crippen molar-refractivity contribution in [3.05, 3.63) is 41.8 Å². The monoisotopic (exact) mass is 515 g/mol. The van der Waals surface area contributed by atoms with Crippen molar-refractivity contribution in [1.82, 2.24) is 4.98 Å². The predicted octanol–water partition coefficient (Wildman–Crippen LogP) is 1.87. The maximum Gasteiger partial charge on any atom is 0.469 e. The van der Waals surface area contributed by atoms with Gasteiger partial charge < -0.3 is 19.4 Å². The van der Waals surface area contributed by atoms with Gasteiger partial charge in [0.25, 0.3) is 0 Å². The molecular weight excluding hydrogens is 492 g/mol. The number of aromatic nitrogens is 1. The zero-order valence-electron chi connectivity index (χ0n) is 18.1. The molecule has 2 aliphatic heterocycles. The smallest absolute Gasteiger partial charge is 0.441 e. The molecule has 0 radical (unpaired) electrons. The minimum Gasteiger partial charge on any atom is -0.441 e. The number of hydrogen-bond donors (Lipinski definition) is 2. The second-order valence-electron chi connectivity index (χ2n) is 8.07. The fourth-order valence-electron chi connectivity index (χ4n) is 3.88. The minimum atomic E-state index is -4.71.